The maximum absolute atomic E-state index is 12.0. The lowest BCUT2D eigenvalue weighted by Gasteiger charge is -2.09. The molecule has 0 fully saturated rings. The van der Waals surface area contributed by atoms with Gasteiger partial charge < -0.3 is 9.88 Å². The van der Waals surface area contributed by atoms with E-state index in [1.807, 2.05) is 44.2 Å². The van der Waals surface area contributed by atoms with Crippen molar-refractivity contribution < 1.29 is 14.5 Å². The molecule has 2 aromatic carbocycles. The largest absolute Gasteiger partial charge is 0.329 e. The fraction of sp³-hybridized carbons (Fsp3) is 0.0952. The van der Waals surface area contributed by atoms with Crippen molar-refractivity contribution in [3.8, 4) is 5.69 Å². The third-order valence-electron chi connectivity index (χ3n) is 4.45. The van der Waals surface area contributed by atoms with Crippen molar-refractivity contribution in [2.24, 2.45) is 5.10 Å². The van der Waals surface area contributed by atoms with Crippen LogP contribution in [0.1, 0.15) is 17.0 Å². The highest BCUT2D eigenvalue weighted by Gasteiger charge is 2.14. The summed E-state index contributed by atoms with van der Waals surface area (Å²) < 4.78 is 3.01. The van der Waals surface area contributed by atoms with Gasteiger partial charge in [-0.3, -0.25) is 19.7 Å². The molecule has 0 saturated carbocycles. The van der Waals surface area contributed by atoms with Gasteiger partial charge in [-0.2, -0.15) is 5.10 Å². The molecule has 0 saturated heterocycles. The summed E-state index contributed by atoms with van der Waals surface area (Å²) in [5.74, 6) is -1.90. The molecule has 2 N–H and O–H groups in total. The van der Waals surface area contributed by atoms with Crippen LogP contribution in [0.2, 0.25) is 0 Å². The molecule has 0 unspecified atom stereocenters. The van der Waals surface area contributed by atoms with Crippen LogP contribution in [-0.2, 0) is 9.59 Å². The lowest BCUT2D eigenvalue weighted by molar-refractivity contribution is -0.384. The Hall–Kier alpha value is -3.79. The van der Waals surface area contributed by atoms with E-state index in [1.54, 1.807) is 0 Å². The molecule has 0 aliphatic rings. The molecule has 1 heterocycles. The Morgan fingerprint density at radius 1 is 1.10 bits per heavy atom. The number of nitrogens with zero attached hydrogens (tertiary/aromatic N) is 3. The minimum absolute atomic E-state index is 0.118. The number of aromatic nitrogens is 1. The quantitative estimate of drug-likeness (QED) is 0.248. The van der Waals surface area contributed by atoms with Gasteiger partial charge in [-0.15, -0.1) is 0 Å². The molecule has 0 atom stereocenters. The van der Waals surface area contributed by atoms with Gasteiger partial charge >= 0.3 is 11.8 Å². The van der Waals surface area contributed by atoms with Crippen LogP contribution in [-0.4, -0.2) is 27.5 Å². The minimum Gasteiger partial charge on any atom is -0.318 e. The van der Waals surface area contributed by atoms with Crippen molar-refractivity contribution in [1.82, 2.24) is 9.99 Å². The van der Waals surface area contributed by atoms with Crippen LogP contribution in [0.15, 0.2) is 64.2 Å². The van der Waals surface area contributed by atoms with E-state index in [9.17, 15) is 19.7 Å². The first-order valence-electron chi connectivity index (χ1n) is 9.10. The predicted octanol–water partition coefficient (Wildman–Crippen LogP) is 3.85. The lowest BCUT2D eigenvalue weighted by Crippen LogP contribution is -2.32. The van der Waals surface area contributed by atoms with Gasteiger partial charge in [0.05, 0.1) is 11.1 Å². The van der Waals surface area contributed by atoms with Crippen molar-refractivity contribution in [2.75, 3.05) is 5.32 Å². The second-order valence-corrected chi connectivity index (χ2v) is 7.51. The SMILES string of the molecule is Cc1cc(/C=N\NC(=O)C(=O)Nc2ccc([N+](=O)[O-])cc2)c(C)n1-c1cccc(Br)c1. The third-order valence-corrected chi connectivity index (χ3v) is 4.94. The molecule has 9 nitrogen and oxygen atoms in total. The van der Waals surface area contributed by atoms with Crippen molar-refractivity contribution in [3.05, 3.63) is 86.1 Å². The van der Waals surface area contributed by atoms with E-state index in [4.69, 9.17) is 0 Å². The zero-order valence-corrected chi connectivity index (χ0v) is 18.2. The first kappa shape index (κ1) is 21.9. The van der Waals surface area contributed by atoms with Crippen LogP contribution >= 0.6 is 15.9 Å². The van der Waals surface area contributed by atoms with Gasteiger partial charge in [-0.25, -0.2) is 5.43 Å². The number of nitrogens with one attached hydrogen (secondary N) is 2. The molecular weight excluding hydrogens is 466 g/mol. The maximum atomic E-state index is 12.0. The zero-order valence-electron chi connectivity index (χ0n) is 16.6. The number of nitro groups is 1. The Morgan fingerprint density at radius 3 is 2.45 bits per heavy atom. The standard InChI is InChI=1S/C21H18BrN5O4/c1-13-10-15(14(2)26(13)19-5-3-4-16(22)11-19)12-23-25-21(29)20(28)24-17-6-8-18(9-7-17)27(30)31/h3-12H,1-2H3,(H,24,28)(H,25,29)/b23-12-. The van der Waals surface area contributed by atoms with Crippen LogP contribution in [0.5, 0.6) is 0 Å². The normalized spacial score (nSPS) is 10.8. The summed E-state index contributed by atoms with van der Waals surface area (Å²) in [5, 5.41) is 16.9. The van der Waals surface area contributed by atoms with E-state index in [0.29, 0.717) is 0 Å². The number of benzene rings is 2. The van der Waals surface area contributed by atoms with Crippen molar-refractivity contribution in [3.63, 3.8) is 0 Å². The lowest BCUT2D eigenvalue weighted by atomic mass is 10.2. The molecule has 0 radical (unpaired) electrons. The van der Waals surface area contributed by atoms with Gasteiger partial charge in [-0.05, 0) is 50.2 Å². The van der Waals surface area contributed by atoms with E-state index in [1.165, 1.54) is 30.5 Å². The topological polar surface area (TPSA) is 119 Å². The molecule has 0 aliphatic carbocycles. The number of hydrogen-bond donors (Lipinski definition) is 2. The Morgan fingerprint density at radius 2 is 1.81 bits per heavy atom. The molecule has 0 bridgehead atoms. The monoisotopic (exact) mass is 483 g/mol. The predicted molar refractivity (Wildman–Crippen MR) is 120 cm³/mol. The first-order chi connectivity index (χ1) is 14.8. The Balaban J connectivity index is 1.65. The van der Waals surface area contributed by atoms with Gasteiger partial charge in [0, 0.05) is 44.9 Å². The molecular formula is C21H18BrN5O4. The summed E-state index contributed by atoms with van der Waals surface area (Å²) in [5.41, 5.74) is 5.99. The van der Waals surface area contributed by atoms with Gasteiger partial charge in [0.1, 0.15) is 0 Å². The number of carbonyl (C=O) groups is 2. The molecule has 10 heteroatoms. The highest BCUT2D eigenvalue weighted by atomic mass is 79.9. The number of anilines is 1. The van der Waals surface area contributed by atoms with Crippen molar-refractivity contribution in [2.45, 2.75) is 13.8 Å². The van der Waals surface area contributed by atoms with Crippen LogP contribution in [0.25, 0.3) is 5.69 Å². The number of hydrazone groups is 1. The van der Waals surface area contributed by atoms with E-state index >= 15 is 0 Å². The Labute approximate surface area is 186 Å². The zero-order chi connectivity index (χ0) is 22.5. The molecule has 2 amide bonds. The van der Waals surface area contributed by atoms with Crippen molar-refractivity contribution >= 4 is 45.3 Å². The second-order valence-electron chi connectivity index (χ2n) is 6.60. The van der Waals surface area contributed by atoms with E-state index in [-0.39, 0.29) is 11.4 Å². The van der Waals surface area contributed by atoms with Crippen LogP contribution in [0.3, 0.4) is 0 Å². The number of halogens is 1. The molecule has 0 spiro atoms. The van der Waals surface area contributed by atoms with E-state index < -0.39 is 16.7 Å². The van der Waals surface area contributed by atoms with Crippen LogP contribution in [0, 0.1) is 24.0 Å². The van der Waals surface area contributed by atoms with E-state index in [0.717, 1.165) is 27.1 Å². The number of carbonyl (C=O) groups excluding carboxylic acids is 2. The minimum atomic E-state index is -0.963. The average Bonchev–Trinajstić information content (AvgIpc) is 3.01. The number of amides is 2. The maximum Gasteiger partial charge on any atom is 0.329 e. The highest BCUT2D eigenvalue weighted by Crippen LogP contribution is 2.22. The summed E-state index contributed by atoms with van der Waals surface area (Å²) in [7, 11) is 0. The second kappa shape index (κ2) is 9.35. The number of non-ortho nitro benzene ring substituents is 1. The van der Waals surface area contributed by atoms with Crippen LogP contribution in [0.4, 0.5) is 11.4 Å². The summed E-state index contributed by atoms with van der Waals surface area (Å²) in [4.78, 5) is 34.0. The van der Waals surface area contributed by atoms with Crippen LogP contribution < -0.4 is 10.7 Å². The first-order valence-corrected chi connectivity index (χ1v) is 9.89. The summed E-state index contributed by atoms with van der Waals surface area (Å²) in [6, 6.07) is 14.9. The molecule has 31 heavy (non-hydrogen) atoms. The van der Waals surface area contributed by atoms with Gasteiger partial charge in [0.2, 0.25) is 0 Å². The highest BCUT2D eigenvalue weighted by molar-refractivity contribution is 9.10. The summed E-state index contributed by atoms with van der Waals surface area (Å²) >= 11 is 3.47. The molecule has 0 aliphatic heterocycles. The fourth-order valence-corrected chi connectivity index (χ4v) is 3.38. The van der Waals surface area contributed by atoms with Gasteiger partial charge in [0.15, 0.2) is 0 Å². The van der Waals surface area contributed by atoms with E-state index in [2.05, 4.69) is 36.3 Å². The molecule has 3 rings (SSSR count). The summed E-state index contributed by atoms with van der Waals surface area (Å²) in [6.45, 7) is 3.89. The van der Waals surface area contributed by atoms with Gasteiger partial charge in [-0.1, -0.05) is 22.0 Å². The number of nitro benzene ring substituents is 1. The molecule has 1 aromatic heterocycles. The number of aryl methyl sites for hydroxylation is 1. The number of rotatable bonds is 5. The Kier molecular flexibility index (Phi) is 6.61. The fourth-order valence-electron chi connectivity index (χ4n) is 3.00. The average molecular weight is 484 g/mol. The van der Waals surface area contributed by atoms with Crippen molar-refractivity contribution in [1.29, 1.82) is 0 Å². The third kappa shape index (κ3) is 5.23. The molecule has 158 valence electrons. The van der Waals surface area contributed by atoms with Gasteiger partial charge in [0.25, 0.3) is 5.69 Å². The summed E-state index contributed by atoms with van der Waals surface area (Å²) in [6.07, 6.45) is 1.47. The number of hydrogen-bond acceptors (Lipinski definition) is 5. The smallest absolute Gasteiger partial charge is 0.318 e. The Bertz CT molecular complexity index is 1180. The molecule has 3 aromatic rings.